The van der Waals surface area contributed by atoms with Crippen LogP contribution in [0.5, 0.6) is 5.75 Å². The van der Waals surface area contributed by atoms with Crippen LogP contribution in [0.2, 0.25) is 0 Å². The van der Waals surface area contributed by atoms with Gasteiger partial charge in [0.05, 0.1) is 18.4 Å². The lowest BCUT2D eigenvalue weighted by Crippen LogP contribution is -2.52. The van der Waals surface area contributed by atoms with Crippen molar-refractivity contribution in [3.63, 3.8) is 0 Å². The molecule has 3 rings (SSSR count). The maximum atomic E-state index is 9.28. The Balaban J connectivity index is 1.76. The minimum Gasteiger partial charge on any atom is -0.497 e. The van der Waals surface area contributed by atoms with Gasteiger partial charge in [0.1, 0.15) is 11.8 Å². The van der Waals surface area contributed by atoms with Gasteiger partial charge in [-0.05, 0) is 44.9 Å². The van der Waals surface area contributed by atoms with Crippen LogP contribution in [0, 0.1) is 11.3 Å². The van der Waals surface area contributed by atoms with Gasteiger partial charge in [-0.1, -0.05) is 6.42 Å². The fourth-order valence-electron chi connectivity index (χ4n) is 3.82. The SMILES string of the molecule is COc1ccc(C#N)c(NC2CC3CCCC(C2)N3C)c1. The maximum Gasteiger partial charge on any atom is 0.121 e. The van der Waals surface area contributed by atoms with Crippen LogP contribution in [0.4, 0.5) is 5.69 Å². The number of fused-ring (bicyclic) bond motifs is 2. The highest BCUT2D eigenvalue weighted by atomic mass is 16.5. The standard InChI is InChI=1S/C17H23N3O/c1-20-14-4-3-5-15(20)9-13(8-14)19-17-10-16(21-2)7-6-12(17)11-18/h6-7,10,13-15,19H,3-5,8-9H2,1-2H3. The van der Waals surface area contributed by atoms with Crippen LogP contribution < -0.4 is 10.1 Å². The van der Waals surface area contributed by atoms with Crippen molar-refractivity contribution in [1.29, 1.82) is 5.26 Å². The summed E-state index contributed by atoms with van der Waals surface area (Å²) < 4.78 is 5.28. The number of anilines is 1. The number of nitriles is 1. The van der Waals surface area contributed by atoms with Gasteiger partial charge in [0.2, 0.25) is 0 Å². The van der Waals surface area contributed by atoms with E-state index in [0.29, 0.717) is 23.7 Å². The molecule has 0 amide bonds. The molecule has 2 atom stereocenters. The fourth-order valence-corrected chi connectivity index (χ4v) is 3.82. The van der Waals surface area contributed by atoms with Crippen molar-refractivity contribution in [2.75, 3.05) is 19.5 Å². The smallest absolute Gasteiger partial charge is 0.121 e. The number of nitrogens with zero attached hydrogens (tertiary/aromatic N) is 2. The van der Waals surface area contributed by atoms with Gasteiger partial charge in [-0.2, -0.15) is 5.26 Å². The Labute approximate surface area is 126 Å². The summed E-state index contributed by atoms with van der Waals surface area (Å²) >= 11 is 0. The van der Waals surface area contributed by atoms with Gasteiger partial charge in [0.15, 0.2) is 0 Å². The zero-order chi connectivity index (χ0) is 14.8. The van der Waals surface area contributed by atoms with Crippen LogP contribution in [0.1, 0.15) is 37.7 Å². The van der Waals surface area contributed by atoms with Crippen molar-refractivity contribution in [2.45, 2.75) is 50.2 Å². The van der Waals surface area contributed by atoms with E-state index in [1.165, 1.54) is 19.3 Å². The predicted molar refractivity (Wildman–Crippen MR) is 83.5 cm³/mol. The van der Waals surface area contributed by atoms with Gasteiger partial charge in [-0.3, -0.25) is 0 Å². The number of methoxy groups -OCH3 is 1. The third-order valence-electron chi connectivity index (χ3n) is 5.05. The van der Waals surface area contributed by atoms with Crippen LogP contribution in [0.25, 0.3) is 0 Å². The van der Waals surface area contributed by atoms with Crippen LogP contribution in [-0.2, 0) is 0 Å². The summed E-state index contributed by atoms with van der Waals surface area (Å²) in [5.74, 6) is 0.796. The normalized spacial score (nSPS) is 28.7. The zero-order valence-electron chi connectivity index (χ0n) is 12.8. The fraction of sp³-hybridized carbons (Fsp3) is 0.588. The molecule has 0 spiro atoms. The van der Waals surface area contributed by atoms with E-state index in [4.69, 9.17) is 4.74 Å². The van der Waals surface area contributed by atoms with E-state index in [-0.39, 0.29) is 0 Å². The molecule has 0 aromatic heterocycles. The molecule has 2 bridgehead atoms. The number of benzene rings is 1. The summed E-state index contributed by atoms with van der Waals surface area (Å²) in [7, 11) is 3.92. The van der Waals surface area contributed by atoms with Gasteiger partial charge >= 0.3 is 0 Å². The molecule has 2 unspecified atom stereocenters. The first-order valence-electron chi connectivity index (χ1n) is 7.78. The Morgan fingerprint density at radius 1 is 1.29 bits per heavy atom. The van der Waals surface area contributed by atoms with E-state index in [1.807, 2.05) is 18.2 Å². The predicted octanol–water partition coefficient (Wildman–Crippen LogP) is 2.99. The van der Waals surface area contributed by atoms with E-state index < -0.39 is 0 Å². The molecule has 0 radical (unpaired) electrons. The van der Waals surface area contributed by atoms with Crippen LogP contribution in [-0.4, -0.2) is 37.2 Å². The third kappa shape index (κ3) is 2.84. The summed E-state index contributed by atoms with van der Waals surface area (Å²) in [6.07, 6.45) is 6.28. The van der Waals surface area contributed by atoms with Gasteiger partial charge in [-0.25, -0.2) is 0 Å². The maximum absolute atomic E-state index is 9.28. The molecule has 0 aliphatic carbocycles. The first-order chi connectivity index (χ1) is 10.2. The van der Waals surface area contributed by atoms with Gasteiger partial charge < -0.3 is 15.0 Å². The second kappa shape index (κ2) is 5.95. The van der Waals surface area contributed by atoms with Crippen molar-refractivity contribution in [3.8, 4) is 11.8 Å². The number of piperidine rings is 2. The van der Waals surface area contributed by atoms with Crippen LogP contribution >= 0.6 is 0 Å². The third-order valence-corrected chi connectivity index (χ3v) is 5.05. The molecular weight excluding hydrogens is 262 g/mol. The number of nitrogens with one attached hydrogen (secondary N) is 1. The minimum atomic E-state index is 0.454. The summed E-state index contributed by atoms with van der Waals surface area (Å²) in [5, 5.41) is 12.9. The summed E-state index contributed by atoms with van der Waals surface area (Å²) in [6.45, 7) is 0. The van der Waals surface area contributed by atoms with Crippen molar-refractivity contribution >= 4 is 5.69 Å². The molecule has 2 fully saturated rings. The molecule has 2 aliphatic rings. The Kier molecular flexibility index (Phi) is 4.03. The molecule has 2 saturated heterocycles. The van der Waals surface area contributed by atoms with Gasteiger partial charge in [-0.15, -0.1) is 0 Å². The average Bonchev–Trinajstić information content (AvgIpc) is 2.48. The molecule has 1 aromatic carbocycles. The Bertz CT molecular complexity index is 537. The molecule has 1 aromatic rings. The number of hydrogen-bond donors (Lipinski definition) is 1. The zero-order valence-corrected chi connectivity index (χ0v) is 12.8. The van der Waals surface area contributed by atoms with E-state index in [0.717, 1.165) is 24.3 Å². The van der Waals surface area contributed by atoms with E-state index >= 15 is 0 Å². The van der Waals surface area contributed by atoms with Crippen molar-refractivity contribution in [1.82, 2.24) is 4.90 Å². The van der Waals surface area contributed by atoms with Crippen molar-refractivity contribution in [3.05, 3.63) is 23.8 Å². The lowest BCUT2D eigenvalue weighted by Gasteiger charge is -2.47. The van der Waals surface area contributed by atoms with E-state index in [1.54, 1.807) is 7.11 Å². The molecule has 0 saturated carbocycles. The quantitative estimate of drug-likeness (QED) is 0.927. The van der Waals surface area contributed by atoms with Gasteiger partial charge in [0, 0.05) is 24.2 Å². The summed E-state index contributed by atoms with van der Waals surface area (Å²) in [5.41, 5.74) is 1.60. The minimum absolute atomic E-state index is 0.454. The van der Waals surface area contributed by atoms with Crippen LogP contribution in [0.3, 0.4) is 0 Å². The van der Waals surface area contributed by atoms with Gasteiger partial charge in [0.25, 0.3) is 0 Å². The molecule has 21 heavy (non-hydrogen) atoms. The topological polar surface area (TPSA) is 48.3 Å². The highest BCUT2D eigenvalue weighted by molar-refractivity contribution is 5.61. The summed E-state index contributed by atoms with van der Waals surface area (Å²) in [4.78, 5) is 2.55. The first kappa shape index (κ1) is 14.2. The Hall–Kier alpha value is -1.73. The number of hydrogen-bond acceptors (Lipinski definition) is 4. The molecule has 4 nitrogen and oxygen atoms in total. The lowest BCUT2D eigenvalue weighted by atomic mass is 9.82. The largest absolute Gasteiger partial charge is 0.497 e. The molecule has 4 heteroatoms. The van der Waals surface area contributed by atoms with Crippen molar-refractivity contribution in [2.24, 2.45) is 0 Å². The van der Waals surface area contributed by atoms with E-state index in [9.17, 15) is 5.26 Å². The second-order valence-electron chi connectivity index (χ2n) is 6.24. The van der Waals surface area contributed by atoms with Crippen molar-refractivity contribution < 1.29 is 4.74 Å². The number of rotatable bonds is 3. The Morgan fingerprint density at radius 2 is 2.00 bits per heavy atom. The average molecular weight is 285 g/mol. The van der Waals surface area contributed by atoms with Crippen LogP contribution in [0.15, 0.2) is 18.2 Å². The molecule has 112 valence electrons. The molecule has 1 N–H and O–H groups in total. The lowest BCUT2D eigenvalue weighted by molar-refractivity contribution is 0.0608. The van der Waals surface area contributed by atoms with E-state index in [2.05, 4.69) is 23.3 Å². The highest BCUT2D eigenvalue weighted by Gasteiger charge is 2.36. The Morgan fingerprint density at radius 3 is 2.62 bits per heavy atom. The summed E-state index contributed by atoms with van der Waals surface area (Å²) in [6, 6.07) is 9.70. The first-order valence-corrected chi connectivity index (χ1v) is 7.78. The molecular formula is C17H23N3O. The number of ether oxygens (including phenoxy) is 1. The molecule has 2 heterocycles. The second-order valence-corrected chi connectivity index (χ2v) is 6.24. The monoisotopic (exact) mass is 285 g/mol. The molecule has 2 aliphatic heterocycles. The highest BCUT2D eigenvalue weighted by Crippen LogP contribution is 2.34.